The van der Waals surface area contributed by atoms with Crippen LogP contribution < -0.4 is 10.2 Å². The molecule has 0 spiro atoms. The first kappa shape index (κ1) is 22.6. The van der Waals surface area contributed by atoms with Crippen LogP contribution in [0.1, 0.15) is 45.1 Å². The molecule has 1 fully saturated rings. The number of carboxylic acid groups (broad SMARTS) is 1. The van der Waals surface area contributed by atoms with Gasteiger partial charge in [-0.3, -0.25) is 4.98 Å². The van der Waals surface area contributed by atoms with E-state index in [0.29, 0.717) is 5.11 Å². The summed E-state index contributed by atoms with van der Waals surface area (Å²) in [6.07, 6.45) is 1.77. The van der Waals surface area contributed by atoms with Crippen LogP contribution in [-0.4, -0.2) is 30.8 Å². The Bertz CT molecular complexity index is 1400. The van der Waals surface area contributed by atoms with Crippen LogP contribution in [0.2, 0.25) is 0 Å². The van der Waals surface area contributed by atoms with E-state index in [9.17, 15) is 15.0 Å². The van der Waals surface area contributed by atoms with E-state index < -0.39 is 5.97 Å². The van der Waals surface area contributed by atoms with E-state index in [1.807, 2.05) is 49.4 Å². The summed E-state index contributed by atoms with van der Waals surface area (Å²) in [5, 5.41) is 23.1. The number of anilines is 1. The first-order chi connectivity index (χ1) is 16.8. The lowest BCUT2D eigenvalue weighted by molar-refractivity contribution is 0.0697. The van der Waals surface area contributed by atoms with Gasteiger partial charge in [0.15, 0.2) is 5.11 Å². The highest BCUT2D eigenvalue weighted by atomic mass is 32.1. The molecule has 176 valence electrons. The minimum Gasteiger partial charge on any atom is -0.508 e. The Labute approximate surface area is 208 Å². The lowest BCUT2D eigenvalue weighted by Gasteiger charge is -2.28. The van der Waals surface area contributed by atoms with Crippen molar-refractivity contribution in [2.45, 2.75) is 25.9 Å². The second-order valence-electron chi connectivity index (χ2n) is 8.53. The minimum atomic E-state index is -0.952. The summed E-state index contributed by atoms with van der Waals surface area (Å²) >= 11 is 5.79. The van der Waals surface area contributed by atoms with Gasteiger partial charge in [-0.05, 0) is 98.4 Å². The molecular formula is C27H24N4O3S. The van der Waals surface area contributed by atoms with Gasteiger partial charge in [0.25, 0.3) is 0 Å². The maximum Gasteiger partial charge on any atom is 0.335 e. The number of carboxylic acids is 1. The van der Waals surface area contributed by atoms with E-state index in [1.165, 1.54) is 0 Å². The van der Waals surface area contributed by atoms with Crippen LogP contribution in [0.5, 0.6) is 5.75 Å². The third kappa shape index (κ3) is 4.02. The molecular weight excluding hydrogens is 460 g/mol. The predicted molar refractivity (Wildman–Crippen MR) is 138 cm³/mol. The fourth-order valence-electron chi connectivity index (χ4n) is 4.80. The monoisotopic (exact) mass is 484 g/mol. The van der Waals surface area contributed by atoms with E-state index >= 15 is 0 Å². The van der Waals surface area contributed by atoms with Gasteiger partial charge in [-0.15, -0.1) is 0 Å². The molecule has 2 aromatic carbocycles. The largest absolute Gasteiger partial charge is 0.508 e. The van der Waals surface area contributed by atoms with Crippen LogP contribution in [0.15, 0.2) is 79.0 Å². The number of thiocarbonyl (C=S) groups is 1. The molecule has 1 aliphatic rings. The summed E-state index contributed by atoms with van der Waals surface area (Å²) in [4.78, 5) is 18.0. The number of rotatable bonds is 5. The molecule has 7 nitrogen and oxygen atoms in total. The number of hydrogen-bond acceptors (Lipinski definition) is 4. The summed E-state index contributed by atoms with van der Waals surface area (Å²) in [5.41, 5.74) is 5.97. The normalized spacial score (nSPS) is 17.4. The van der Waals surface area contributed by atoms with Gasteiger partial charge in [-0.1, -0.05) is 6.07 Å². The fraction of sp³-hybridized carbons (Fsp3) is 0.148. The molecule has 1 aliphatic heterocycles. The minimum absolute atomic E-state index is 0.188. The molecule has 3 heterocycles. The van der Waals surface area contributed by atoms with Gasteiger partial charge in [-0.2, -0.15) is 0 Å². The zero-order chi connectivity index (χ0) is 24.7. The van der Waals surface area contributed by atoms with E-state index in [0.717, 1.165) is 34.0 Å². The highest BCUT2D eigenvalue weighted by molar-refractivity contribution is 7.80. The lowest BCUT2D eigenvalue weighted by atomic mass is 9.96. The number of aromatic hydroxyl groups is 1. The van der Waals surface area contributed by atoms with E-state index in [4.69, 9.17) is 12.2 Å². The smallest absolute Gasteiger partial charge is 0.335 e. The predicted octanol–water partition coefficient (Wildman–Crippen LogP) is 5.07. The molecule has 4 aromatic rings. The Morgan fingerprint density at radius 3 is 2.31 bits per heavy atom. The van der Waals surface area contributed by atoms with Gasteiger partial charge < -0.3 is 25.0 Å². The van der Waals surface area contributed by atoms with Crippen LogP contribution in [0.25, 0.3) is 5.69 Å². The van der Waals surface area contributed by atoms with Gasteiger partial charge in [0, 0.05) is 29.0 Å². The Morgan fingerprint density at radius 1 is 1.00 bits per heavy atom. The lowest BCUT2D eigenvalue weighted by Crippen LogP contribution is -2.29. The number of hydrogen-bond donors (Lipinski definition) is 3. The highest BCUT2D eigenvalue weighted by Crippen LogP contribution is 2.43. The molecule has 0 amide bonds. The molecule has 5 rings (SSSR count). The third-order valence-corrected chi connectivity index (χ3v) is 6.70. The van der Waals surface area contributed by atoms with E-state index in [1.54, 1.807) is 30.5 Å². The van der Waals surface area contributed by atoms with Crippen molar-refractivity contribution in [2.24, 2.45) is 0 Å². The summed E-state index contributed by atoms with van der Waals surface area (Å²) < 4.78 is 2.12. The van der Waals surface area contributed by atoms with Crippen molar-refractivity contribution in [3.63, 3.8) is 0 Å². The number of phenolic OH excluding ortho intramolecular Hbond substituents is 1. The number of nitrogens with zero attached hydrogens (tertiary/aromatic N) is 3. The fourth-order valence-corrected chi connectivity index (χ4v) is 5.15. The van der Waals surface area contributed by atoms with Crippen LogP contribution in [0.4, 0.5) is 5.69 Å². The Balaban J connectivity index is 1.65. The number of nitrogens with one attached hydrogen (secondary N) is 1. The van der Waals surface area contributed by atoms with Crippen molar-refractivity contribution in [1.29, 1.82) is 0 Å². The average molecular weight is 485 g/mol. The number of phenols is 1. The summed E-state index contributed by atoms with van der Waals surface area (Å²) in [5.74, 6) is -0.765. The van der Waals surface area contributed by atoms with Gasteiger partial charge in [0.05, 0.1) is 23.3 Å². The first-order valence-corrected chi connectivity index (χ1v) is 11.6. The quantitative estimate of drug-likeness (QED) is 0.341. The Hall–Kier alpha value is -4.17. The molecule has 0 radical (unpaired) electrons. The van der Waals surface area contributed by atoms with Crippen molar-refractivity contribution in [1.82, 2.24) is 14.9 Å². The molecule has 0 saturated carbocycles. The zero-order valence-electron chi connectivity index (χ0n) is 19.2. The second-order valence-corrected chi connectivity index (χ2v) is 8.91. The van der Waals surface area contributed by atoms with Gasteiger partial charge in [0.1, 0.15) is 5.75 Å². The first-order valence-electron chi connectivity index (χ1n) is 11.2. The highest BCUT2D eigenvalue weighted by Gasteiger charge is 2.42. The molecule has 2 atom stereocenters. The van der Waals surface area contributed by atoms with Crippen molar-refractivity contribution in [3.8, 4) is 11.4 Å². The number of aromatic carboxylic acids is 1. The number of aromatic nitrogens is 2. The van der Waals surface area contributed by atoms with Crippen molar-refractivity contribution < 1.29 is 15.0 Å². The maximum absolute atomic E-state index is 11.3. The summed E-state index contributed by atoms with van der Waals surface area (Å²) in [6.45, 7) is 4.09. The number of pyridine rings is 1. The van der Waals surface area contributed by atoms with Crippen molar-refractivity contribution in [2.75, 3.05) is 4.90 Å². The Morgan fingerprint density at radius 2 is 1.69 bits per heavy atom. The van der Waals surface area contributed by atoms with Crippen LogP contribution >= 0.6 is 12.2 Å². The molecule has 0 unspecified atom stereocenters. The van der Waals surface area contributed by atoms with E-state index in [2.05, 4.69) is 32.8 Å². The SMILES string of the molecule is Cc1cc([C@@H]2[C@@H](c3ccccn3)NC(=S)N2c2ccc(O)cc2)c(C)n1-c1ccc(C(=O)O)cc1. The van der Waals surface area contributed by atoms with Crippen molar-refractivity contribution in [3.05, 3.63) is 107 Å². The van der Waals surface area contributed by atoms with Gasteiger partial charge in [-0.25, -0.2) is 4.79 Å². The summed E-state index contributed by atoms with van der Waals surface area (Å²) in [6, 6.07) is 21.4. The van der Waals surface area contributed by atoms with Crippen LogP contribution in [0, 0.1) is 13.8 Å². The Kier molecular flexibility index (Phi) is 5.74. The number of benzene rings is 2. The third-order valence-electron chi connectivity index (χ3n) is 6.39. The number of carbonyl (C=O) groups is 1. The van der Waals surface area contributed by atoms with E-state index in [-0.39, 0.29) is 23.4 Å². The molecule has 3 N–H and O–H groups in total. The second kappa shape index (κ2) is 8.88. The molecule has 0 aliphatic carbocycles. The molecule has 0 bridgehead atoms. The molecule has 2 aromatic heterocycles. The number of aryl methyl sites for hydroxylation is 1. The molecule has 1 saturated heterocycles. The standard InChI is InChI=1S/C27H24N4O3S/c1-16-15-22(17(2)30(16)19-8-6-18(7-9-19)26(33)34)25-24(23-5-3-4-14-28-23)29-27(35)31(25)20-10-12-21(32)13-11-20/h3-15,24-25,32H,1-2H3,(H,29,35)(H,33,34)/t24-,25-/m1/s1. The van der Waals surface area contributed by atoms with Crippen molar-refractivity contribution >= 4 is 29.0 Å². The van der Waals surface area contributed by atoms with Gasteiger partial charge in [0.2, 0.25) is 0 Å². The molecule has 8 heteroatoms. The van der Waals surface area contributed by atoms with Crippen LogP contribution in [0.3, 0.4) is 0 Å². The topological polar surface area (TPSA) is 90.6 Å². The molecule has 35 heavy (non-hydrogen) atoms. The average Bonchev–Trinajstić information content (AvgIpc) is 3.35. The maximum atomic E-state index is 11.3. The summed E-state index contributed by atoms with van der Waals surface area (Å²) in [7, 11) is 0. The zero-order valence-corrected chi connectivity index (χ0v) is 20.0. The van der Waals surface area contributed by atoms with Gasteiger partial charge >= 0.3 is 5.97 Å². The van der Waals surface area contributed by atoms with Crippen LogP contribution in [-0.2, 0) is 0 Å².